The fourth-order valence-corrected chi connectivity index (χ4v) is 5.14. The van der Waals surface area contributed by atoms with Gasteiger partial charge in [0.15, 0.2) is 11.5 Å². The number of hydrogen-bond donors (Lipinski definition) is 2. The van der Waals surface area contributed by atoms with Crippen LogP contribution in [0.5, 0.6) is 17.2 Å². The minimum absolute atomic E-state index is 0.0457. The van der Waals surface area contributed by atoms with Crippen LogP contribution in [-0.2, 0) is 10.0 Å². The third-order valence-electron chi connectivity index (χ3n) is 5.69. The molecular formula is C29H23BrClN3O7S. The van der Waals surface area contributed by atoms with Gasteiger partial charge in [0.1, 0.15) is 5.75 Å². The highest BCUT2D eigenvalue weighted by molar-refractivity contribution is 9.10. The Kier molecular flexibility index (Phi) is 9.84. The van der Waals surface area contributed by atoms with E-state index in [0.29, 0.717) is 26.6 Å². The van der Waals surface area contributed by atoms with Gasteiger partial charge in [0, 0.05) is 26.3 Å². The number of esters is 1. The molecule has 0 saturated heterocycles. The van der Waals surface area contributed by atoms with E-state index in [-0.39, 0.29) is 27.5 Å². The van der Waals surface area contributed by atoms with Crippen LogP contribution >= 0.6 is 27.5 Å². The summed E-state index contributed by atoms with van der Waals surface area (Å²) in [5, 5.41) is 4.40. The molecule has 1 amide bonds. The monoisotopic (exact) mass is 671 g/mol. The number of hydrogen-bond acceptors (Lipinski definition) is 8. The topological polar surface area (TPSA) is 132 Å². The van der Waals surface area contributed by atoms with Crippen molar-refractivity contribution in [3.63, 3.8) is 0 Å². The second kappa shape index (κ2) is 13.5. The highest BCUT2D eigenvalue weighted by atomic mass is 79.9. The van der Waals surface area contributed by atoms with E-state index >= 15 is 0 Å². The van der Waals surface area contributed by atoms with Crippen LogP contribution in [-0.4, -0.2) is 40.7 Å². The van der Waals surface area contributed by atoms with Gasteiger partial charge in [-0.2, -0.15) is 5.10 Å². The summed E-state index contributed by atoms with van der Waals surface area (Å²) in [4.78, 5) is 25.5. The average molecular weight is 673 g/mol. The highest BCUT2D eigenvalue weighted by Gasteiger charge is 2.16. The van der Waals surface area contributed by atoms with Crippen molar-refractivity contribution in [2.45, 2.75) is 4.90 Å². The van der Waals surface area contributed by atoms with Crippen molar-refractivity contribution in [1.29, 1.82) is 0 Å². The molecule has 0 unspecified atom stereocenters. The summed E-state index contributed by atoms with van der Waals surface area (Å²) in [5.74, 6) is -0.136. The van der Waals surface area contributed by atoms with Crippen LogP contribution in [0.25, 0.3) is 0 Å². The smallest absolute Gasteiger partial charge is 0.343 e. The van der Waals surface area contributed by atoms with Crippen LogP contribution in [0.4, 0.5) is 5.69 Å². The van der Waals surface area contributed by atoms with E-state index in [4.69, 9.17) is 25.8 Å². The molecular weight excluding hydrogens is 650 g/mol. The third kappa shape index (κ3) is 7.66. The van der Waals surface area contributed by atoms with Crippen molar-refractivity contribution in [2.75, 3.05) is 18.9 Å². The van der Waals surface area contributed by atoms with Crippen molar-refractivity contribution < 1.29 is 32.2 Å². The fraction of sp³-hybridized carbons (Fsp3) is 0.0690. The summed E-state index contributed by atoms with van der Waals surface area (Å²) >= 11 is 9.19. The molecule has 0 aliphatic rings. The maximum atomic E-state index is 12.8. The van der Waals surface area contributed by atoms with E-state index in [1.165, 1.54) is 75.0 Å². The van der Waals surface area contributed by atoms with Crippen LogP contribution < -0.4 is 24.4 Å². The normalized spacial score (nSPS) is 11.1. The van der Waals surface area contributed by atoms with Crippen molar-refractivity contribution in [3.8, 4) is 17.2 Å². The molecule has 0 fully saturated rings. The quantitative estimate of drug-likeness (QED) is 0.0928. The SMILES string of the molecule is COc1ccc(C(=O)Oc2ccc(Br)cc2/C=N\NC(=O)c2ccc(NS(=O)(=O)c3ccc(Cl)cc3)cc2)cc1OC. The Bertz CT molecular complexity index is 1750. The number of methoxy groups -OCH3 is 2. The van der Waals surface area contributed by atoms with Gasteiger partial charge in [-0.25, -0.2) is 18.6 Å². The van der Waals surface area contributed by atoms with Gasteiger partial charge in [-0.3, -0.25) is 9.52 Å². The lowest BCUT2D eigenvalue weighted by molar-refractivity contribution is 0.0733. The number of benzene rings is 4. The number of amides is 1. The standard InChI is InChI=1S/C29H23BrClN3O7S/c1-39-26-13-5-19(16-27(26)40-2)29(36)41-25-14-6-21(30)15-20(25)17-32-33-28(35)18-3-9-23(10-4-18)34-42(37,38)24-11-7-22(31)8-12-24/h3-17,34H,1-2H3,(H,33,35)/b32-17-. The Labute approximate surface area is 255 Å². The van der Waals surface area contributed by atoms with Gasteiger partial charge in [-0.15, -0.1) is 0 Å². The molecule has 4 aromatic carbocycles. The Morgan fingerprint density at radius 3 is 2.14 bits per heavy atom. The summed E-state index contributed by atoms with van der Waals surface area (Å²) in [6.07, 6.45) is 1.33. The molecule has 42 heavy (non-hydrogen) atoms. The molecule has 0 radical (unpaired) electrons. The van der Waals surface area contributed by atoms with E-state index in [0.717, 1.165) is 0 Å². The highest BCUT2D eigenvalue weighted by Crippen LogP contribution is 2.29. The van der Waals surface area contributed by atoms with E-state index in [9.17, 15) is 18.0 Å². The number of sulfonamides is 1. The zero-order valence-electron chi connectivity index (χ0n) is 22.1. The number of anilines is 1. The second-order valence-corrected chi connectivity index (χ2v) is 11.5. The number of rotatable bonds is 10. The first-order valence-corrected chi connectivity index (χ1v) is 14.7. The first kappa shape index (κ1) is 30.6. The molecule has 13 heteroatoms. The predicted molar refractivity (Wildman–Crippen MR) is 162 cm³/mol. The summed E-state index contributed by atoms with van der Waals surface area (Å²) in [7, 11) is -0.880. The maximum Gasteiger partial charge on any atom is 0.343 e. The molecule has 216 valence electrons. The van der Waals surface area contributed by atoms with Gasteiger partial charge in [0.25, 0.3) is 15.9 Å². The minimum Gasteiger partial charge on any atom is -0.493 e. The maximum absolute atomic E-state index is 12.8. The lowest BCUT2D eigenvalue weighted by Crippen LogP contribution is -2.18. The predicted octanol–water partition coefficient (Wildman–Crippen LogP) is 5.90. The zero-order valence-corrected chi connectivity index (χ0v) is 25.3. The molecule has 0 heterocycles. The second-order valence-electron chi connectivity index (χ2n) is 8.48. The first-order valence-electron chi connectivity index (χ1n) is 12.1. The van der Waals surface area contributed by atoms with Crippen LogP contribution in [0.3, 0.4) is 0 Å². The average Bonchev–Trinajstić information content (AvgIpc) is 2.98. The van der Waals surface area contributed by atoms with Crippen LogP contribution in [0.1, 0.15) is 26.3 Å². The summed E-state index contributed by atoms with van der Waals surface area (Å²) in [6, 6.07) is 21.1. The number of nitrogens with zero attached hydrogens (tertiary/aromatic N) is 1. The van der Waals surface area contributed by atoms with Crippen molar-refractivity contribution in [1.82, 2.24) is 5.43 Å². The van der Waals surface area contributed by atoms with E-state index in [1.807, 2.05) is 0 Å². The number of halogens is 2. The van der Waals surface area contributed by atoms with E-state index in [2.05, 4.69) is 31.2 Å². The summed E-state index contributed by atoms with van der Waals surface area (Å²) < 4.78 is 44.3. The third-order valence-corrected chi connectivity index (χ3v) is 7.83. The first-order chi connectivity index (χ1) is 20.1. The molecule has 10 nitrogen and oxygen atoms in total. The van der Waals surface area contributed by atoms with Crippen molar-refractivity contribution in [2.24, 2.45) is 5.10 Å². The van der Waals surface area contributed by atoms with Gasteiger partial charge in [0.2, 0.25) is 0 Å². The summed E-state index contributed by atoms with van der Waals surface area (Å²) in [5.41, 5.74) is 3.54. The Hall–Kier alpha value is -4.39. The molecule has 0 aliphatic heterocycles. The minimum atomic E-state index is -3.83. The molecule has 0 atom stereocenters. The molecule has 0 aliphatic carbocycles. The number of carbonyl (C=O) groups excluding carboxylic acids is 2. The van der Waals surface area contributed by atoms with E-state index < -0.39 is 21.9 Å². The molecule has 0 bridgehead atoms. The van der Waals surface area contributed by atoms with Crippen molar-refractivity contribution in [3.05, 3.63) is 111 Å². The van der Waals surface area contributed by atoms with Crippen LogP contribution in [0.15, 0.2) is 99.4 Å². The van der Waals surface area contributed by atoms with Crippen LogP contribution in [0, 0.1) is 0 Å². The lowest BCUT2D eigenvalue weighted by Gasteiger charge is -2.11. The Morgan fingerprint density at radius 1 is 0.833 bits per heavy atom. The number of nitrogens with one attached hydrogen (secondary N) is 2. The Balaban J connectivity index is 1.41. The van der Waals surface area contributed by atoms with Gasteiger partial charge in [-0.05, 0) is 84.9 Å². The van der Waals surface area contributed by atoms with Gasteiger partial charge < -0.3 is 14.2 Å². The molecule has 4 rings (SSSR count). The molecule has 2 N–H and O–H groups in total. The molecule has 0 spiro atoms. The zero-order chi connectivity index (χ0) is 30.3. The molecule has 0 saturated carbocycles. The van der Waals surface area contributed by atoms with Crippen LogP contribution in [0.2, 0.25) is 5.02 Å². The van der Waals surface area contributed by atoms with Gasteiger partial charge in [-0.1, -0.05) is 27.5 Å². The largest absolute Gasteiger partial charge is 0.493 e. The summed E-state index contributed by atoms with van der Waals surface area (Å²) in [6.45, 7) is 0. The number of carbonyl (C=O) groups is 2. The van der Waals surface area contributed by atoms with Crippen molar-refractivity contribution >= 4 is 61.3 Å². The molecule has 4 aromatic rings. The van der Waals surface area contributed by atoms with Gasteiger partial charge in [0.05, 0.1) is 30.9 Å². The van der Waals surface area contributed by atoms with E-state index in [1.54, 1.807) is 30.3 Å². The fourth-order valence-electron chi connectivity index (χ4n) is 3.58. The lowest BCUT2D eigenvalue weighted by atomic mass is 10.2. The Morgan fingerprint density at radius 2 is 1.48 bits per heavy atom. The number of hydrazone groups is 1. The van der Waals surface area contributed by atoms with Gasteiger partial charge >= 0.3 is 5.97 Å². The molecule has 0 aromatic heterocycles. The number of ether oxygens (including phenoxy) is 3.